The Kier molecular flexibility index (Phi) is 6.22. The van der Waals surface area contributed by atoms with Crippen molar-refractivity contribution in [3.63, 3.8) is 0 Å². The van der Waals surface area contributed by atoms with Crippen LogP contribution >= 0.6 is 0 Å². The van der Waals surface area contributed by atoms with Crippen LogP contribution in [0.1, 0.15) is 27.0 Å². The minimum absolute atomic E-state index is 0.196. The van der Waals surface area contributed by atoms with Gasteiger partial charge in [0.2, 0.25) is 5.95 Å². The molecule has 2 aliphatic rings. The average molecular weight is 533 g/mol. The molecule has 0 radical (unpaired) electrons. The van der Waals surface area contributed by atoms with Gasteiger partial charge >= 0.3 is 0 Å². The number of aromatic nitrogens is 4. The van der Waals surface area contributed by atoms with Crippen LogP contribution in [0, 0.1) is 0 Å². The first kappa shape index (κ1) is 24.4. The van der Waals surface area contributed by atoms with Gasteiger partial charge in [-0.1, -0.05) is 36.4 Å². The molecule has 40 heavy (non-hydrogen) atoms. The van der Waals surface area contributed by atoms with Crippen molar-refractivity contribution in [2.45, 2.75) is 19.6 Å². The molecular formula is C31H28N6O3. The van der Waals surface area contributed by atoms with Crippen LogP contribution in [0.4, 0.5) is 5.95 Å². The number of hydrogen-bond donors (Lipinski definition) is 1. The van der Waals surface area contributed by atoms with E-state index < -0.39 is 0 Å². The Morgan fingerprint density at radius 3 is 2.45 bits per heavy atom. The van der Waals surface area contributed by atoms with Crippen molar-refractivity contribution in [2.75, 3.05) is 31.6 Å². The quantitative estimate of drug-likeness (QED) is 0.372. The lowest BCUT2D eigenvalue weighted by molar-refractivity contribution is 0.0342. The Bertz CT molecular complexity index is 1800. The predicted octanol–water partition coefficient (Wildman–Crippen LogP) is 3.75. The predicted molar refractivity (Wildman–Crippen MR) is 152 cm³/mol. The Balaban J connectivity index is 1.34. The molecule has 2 aromatic heterocycles. The normalized spacial score (nSPS) is 15.7. The average Bonchev–Trinajstić information content (AvgIpc) is 3.30. The van der Waals surface area contributed by atoms with Gasteiger partial charge in [0.25, 0.3) is 11.5 Å². The van der Waals surface area contributed by atoms with Crippen LogP contribution in [0.3, 0.4) is 0 Å². The number of benzene rings is 3. The standard InChI is InChI=1S/C31H28N6O3/c38-29-10-8-26-24-5-1-3-21(15-24)19-36-28-9-7-23(18-35-11-13-40-14-12-35)17-27(28)32-31(36)33-30(39)25-6-2-4-22(16-25)20-37(29)34-26/h1-10,15-17H,11-14,18-20H2,(H,32,33,39). The van der Waals surface area contributed by atoms with Gasteiger partial charge in [-0.3, -0.25) is 19.8 Å². The van der Waals surface area contributed by atoms with Crippen LogP contribution in [0.2, 0.25) is 0 Å². The van der Waals surface area contributed by atoms with E-state index in [9.17, 15) is 9.59 Å². The molecule has 4 heterocycles. The molecule has 0 saturated carbocycles. The molecule has 0 unspecified atom stereocenters. The molecule has 1 fully saturated rings. The lowest BCUT2D eigenvalue weighted by Gasteiger charge is -2.26. The Labute approximate surface area is 230 Å². The van der Waals surface area contributed by atoms with E-state index in [0.717, 1.165) is 60.6 Å². The Hall–Kier alpha value is -4.60. The highest BCUT2D eigenvalue weighted by atomic mass is 16.5. The highest BCUT2D eigenvalue weighted by Gasteiger charge is 2.18. The highest BCUT2D eigenvalue weighted by molar-refractivity contribution is 6.04. The number of ether oxygens (including phenoxy) is 1. The van der Waals surface area contributed by atoms with E-state index in [4.69, 9.17) is 9.72 Å². The van der Waals surface area contributed by atoms with Gasteiger partial charge in [-0.25, -0.2) is 9.67 Å². The third-order valence-corrected chi connectivity index (χ3v) is 7.50. The molecule has 9 nitrogen and oxygen atoms in total. The molecule has 2 aliphatic heterocycles. The van der Waals surface area contributed by atoms with Gasteiger partial charge in [0.05, 0.1) is 43.0 Å². The van der Waals surface area contributed by atoms with Gasteiger partial charge < -0.3 is 9.30 Å². The minimum Gasteiger partial charge on any atom is -0.379 e. The van der Waals surface area contributed by atoms with Gasteiger partial charge in [-0.2, -0.15) is 5.10 Å². The fraction of sp³-hybridized carbons (Fsp3) is 0.226. The second kappa shape index (κ2) is 10.2. The zero-order valence-corrected chi connectivity index (χ0v) is 21.9. The number of nitrogens with one attached hydrogen (secondary N) is 1. The summed E-state index contributed by atoms with van der Waals surface area (Å²) in [7, 11) is 0. The van der Waals surface area contributed by atoms with Crippen molar-refractivity contribution in [3.05, 3.63) is 111 Å². The van der Waals surface area contributed by atoms with Gasteiger partial charge in [-0.15, -0.1) is 0 Å². The summed E-state index contributed by atoms with van der Waals surface area (Å²) >= 11 is 0. The number of amides is 1. The monoisotopic (exact) mass is 532 g/mol. The van der Waals surface area contributed by atoms with E-state index in [1.54, 1.807) is 24.3 Å². The molecule has 9 heteroatoms. The summed E-state index contributed by atoms with van der Waals surface area (Å²) in [5.41, 5.74) is 6.71. The fourth-order valence-electron chi connectivity index (χ4n) is 5.43. The summed E-state index contributed by atoms with van der Waals surface area (Å²) < 4.78 is 8.97. The molecular weight excluding hydrogens is 504 g/mol. The first-order chi connectivity index (χ1) is 19.6. The number of morpholine rings is 1. The van der Waals surface area contributed by atoms with Crippen LogP contribution in [0.25, 0.3) is 22.3 Å². The molecule has 5 aromatic rings. The van der Waals surface area contributed by atoms with E-state index >= 15 is 0 Å². The summed E-state index contributed by atoms with van der Waals surface area (Å²) in [4.78, 5) is 33.3. The van der Waals surface area contributed by atoms with Gasteiger partial charge in [-0.05, 0) is 53.1 Å². The van der Waals surface area contributed by atoms with Crippen LogP contribution in [0.15, 0.2) is 83.7 Å². The molecule has 1 saturated heterocycles. The van der Waals surface area contributed by atoms with E-state index in [0.29, 0.717) is 23.8 Å². The molecule has 1 N–H and O–H groups in total. The number of carbonyl (C=O) groups is 1. The van der Waals surface area contributed by atoms with Crippen LogP contribution in [-0.2, 0) is 24.4 Å². The maximum Gasteiger partial charge on any atom is 0.267 e. The summed E-state index contributed by atoms with van der Waals surface area (Å²) in [6, 6.07) is 25.0. The number of carbonyl (C=O) groups excluding carboxylic acids is 1. The minimum atomic E-state index is -0.260. The summed E-state index contributed by atoms with van der Waals surface area (Å²) in [6.45, 7) is 4.93. The molecule has 1 amide bonds. The first-order valence-electron chi connectivity index (χ1n) is 13.5. The molecule has 7 rings (SSSR count). The molecule has 6 bridgehead atoms. The van der Waals surface area contributed by atoms with Crippen LogP contribution in [0.5, 0.6) is 0 Å². The summed E-state index contributed by atoms with van der Waals surface area (Å²) in [5, 5.41) is 7.70. The zero-order chi connectivity index (χ0) is 27.1. The maximum atomic E-state index is 13.4. The second-order valence-electron chi connectivity index (χ2n) is 10.3. The smallest absolute Gasteiger partial charge is 0.267 e. The van der Waals surface area contributed by atoms with Crippen LogP contribution in [-0.4, -0.2) is 56.4 Å². The Morgan fingerprint density at radius 1 is 0.825 bits per heavy atom. The SMILES string of the molecule is O=C1Nc2nc3cc(CN4CCOCC4)ccc3n2Cc2cccc(c2)-c2ccc(=O)n(n2)Cc2cccc1c2. The Morgan fingerprint density at radius 2 is 1.60 bits per heavy atom. The molecule has 0 aliphatic carbocycles. The van der Waals surface area contributed by atoms with Crippen molar-refractivity contribution in [1.82, 2.24) is 24.2 Å². The van der Waals surface area contributed by atoms with E-state index in [1.807, 2.05) is 34.9 Å². The van der Waals surface area contributed by atoms with Gasteiger partial charge in [0.15, 0.2) is 0 Å². The first-order valence-corrected chi connectivity index (χ1v) is 13.5. The van der Waals surface area contributed by atoms with Gasteiger partial charge in [0, 0.05) is 36.8 Å². The summed E-state index contributed by atoms with van der Waals surface area (Å²) in [6.07, 6.45) is 0. The van der Waals surface area contributed by atoms with Crippen molar-refractivity contribution in [3.8, 4) is 11.3 Å². The largest absolute Gasteiger partial charge is 0.379 e. The van der Waals surface area contributed by atoms with Crippen molar-refractivity contribution in [2.24, 2.45) is 0 Å². The third kappa shape index (κ3) is 4.81. The number of anilines is 1. The van der Waals surface area contributed by atoms with Crippen LogP contribution < -0.4 is 10.9 Å². The number of nitrogens with zero attached hydrogens (tertiary/aromatic N) is 5. The van der Waals surface area contributed by atoms with Crippen molar-refractivity contribution in [1.29, 1.82) is 0 Å². The highest BCUT2D eigenvalue weighted by Crippen LogP contribution is 2.26. The van der Waals surface area contributed by atoms with E-state index in [2.05, 4.69) is 39.6 Å². The number of imidazole rings is 1. The fourth-order valence-corrected chi connectivity index (χ4v) is 5.43. The lowest BCUT2D eigenvalue weighted by Crippen LogP contribution is -2.35. The number of rotatable bonds is 2. The number of fused-ring (bicyclic) bond motifs is 10. The topological polar surface area (TPSA) is 94.3 Å². The maximum absolute atomic E-state index is 13.4. The van der Waals surface area contributed by atoms with Crippen molar-refractivity contribution < 1.29 is 9.53 Å². The molecule has 0 atom stereocenters. The van der Waals surface area contributed by atoms with E-state index in [-0.39, 0.29) is 18.0 Å². The van der Waals surface area contributed by atoms with E-state index in [1.165, 1.54) is 10.2 Å². The van der Waals surface area contributed by atoms with Crippen molar-refractivity contribution >= 4 is 22.9 Å². The number of hydrogen-bond acceptors (Lipinski definition) is 6. The molecule has 3 aromatic carbocycles. The summed E-state index contributed by atoms with van der Waals surface area (Å²) in [5.74, 6) is 0.230. The lowest BCUT2D eigenvalue weighted by atomic mass is 10.1. The molecule has 0 spiro atoms. The van der Waals surface area contributed by atoms with Gasteiger partial charge in [0.1, 0.15) is 0 Å². The second-order valence-corrected chi connectivity index (χ2v) is 10.3. The zero-order valence-electron chi connectivity index (χ0n) is 21.9. The third-order valence-electron chi connectivity index (χ3n) is 7.50. The molecule has 200 valence electrons.